The van der Waals surface area contributed by atoms with Gasteiger partial charge in [-0.15, -0.1) is 23.5 Å². The first kappa shape index (κ1) is 11.3. The van der Waals surface area contributed by atoms with Crippen molar-refractivity contribution >= 4 is 40.1 Å². The minimum absolute atomic E-state index is 0.119. The Morgan fingerprint density at radius 3 is 2.62 bits per heavy atom. The van der Waals surface area contributed by atoms with Crippen molar-refractivity contribution in [2.75, 3.05) is 12.5 Å². The average Bonchev–Trinajstić information content (AvgIpc) is 2.65. The van der Waals surface area contributed by atoms with E-state index in [0.29, 0.717) is 0 Å². The number of non-ortho nitro benzene ring substituents is 1. The molecule has 0 bridgehead atoms. The van der Waals surface area contributed by atoms with Gasteiger partial charge in [0.05, 0.1) is 15.5 Å². The lowest BCUT2D eigenvalue weighted by molar-refractivity contribution is -0.384. The fourth-order valence-electron chi connectivity index (χ4n) is 1.59. The summed E-state index contributed by atoms with van der Waals surface area (Å²) in [5, 5.41) is 12.8. The molecule has 0 spiro atoms. The van der Waals surface area contributed by atoms with E-state index in [4.69, 9.17) is 0 Å². The molecule has 0 amide bonds. The summed E-state index contributed by atoms with van der Waals surface area (Å²) in [6.07, 6.45) is 3.99. The maximum Gasteiger partial charge on any atom is 0.271 e. The monoisotopic (exact) mass is 254 g/mol. The van der Waals surface area contributed by atoms with Crippen LogP contribution in [0.3, 0.4) is 0 Å². The second-order valence-electron chi connectivity index (χ2n) is 3.18. The number of nitro benzene ring substituents is 1. The van der Waals surface area contributed by atoms with Crippen LogP contribution in [-0.2, 0) is 0 Å². The van der Waals surface area contributed by atoms with Gasteiger partial charge in [0.25, 0.3) is 5.69 Å². The first-order valence-electron chi connectivity index (χ1n) is 4.55. The lowest BCUT2D eigenvalue weighted by atomic mass is 10.2. The van der Waals surface area contributed by atoms with Crippen LogP contribution < -0.4 is 0 Å². The van der Waals surface area contributed by atoms with Gasteiger partial charge in [0.2, 0.25) is 0 Å². The van der Waals surface area contributed by atoms with Crippen LogP contribution in [0.2, 0.25) is 0 Å². The highest BCUT2D eigenvalue weighted by molar-refractivity contribution is 8.01. The average molecular weight is 254 g/mol. The number of nitro groups is 1. The zero-order chi connectivity index (χ0) is 11.7. The van der Waals surface area contributed by atoms with Crippen molar-refractivity contribution in [3.8, 4) is 0 Å². The molecule has 0 saturated heterocycles. The minimum Gasteiger partial charge on any atom is -0.349 e. The van der Waals surface area contributed by atoms with Gasteiger partial charge in [-0.25, -0.2) is 0 Å². The van der Waals surface area contributed by atoms with E-state index in [0.717, 1.165) is 20.8 Å². The number of nitrogens with one attached hydrogen (secondary N) is 1. The largest absolute Gasteiger partial charge is 0.349 e. The second kappa shape index (κ2) is 4.39. The molecule has 2 rings (SSSR count). The molecule has 1 N–H and O–H groups in total. The number of benzene rings is 1. The number of aromatic amines is 1. The van der Waals surface area contributed by atoms with Gasteiger partial charge in [0, 0.05) is 22.4 Å². The van der Waals surface area contributed by atoms with E-state index in [1.165, 1.54) is 0 Å². The van der Waals surface area contributed by atoms with Crippen LogP contribution in [0.15, 0.2) is 28.1 Å². The highest BCUT2D eigenvalue weighted by atomic mass is 32.2. The third-order valence-electron chi connectivity index (χ3n) is 2.32. The van der Waals surface area contributed by atoms with Crippen molar-refractivity contribution in [2.24, 2.45) is 0 Å². The summed E-state index contributed by atoms with van der Waals surface area (Å²) in [7, 11) is 0. The number of fused-ring (bicyclic) bond motifs is 1. The number of aromatic nitrogens is 1. The summed E-state index contributed by atoms with van der Waals surface area (Å²) in [5.41, 5.74) is 0.942. The minimum atomic E-state index is -0.377. The normalized spacial score (nSPS) is 10.9. The smallest absolute Gasteiger partial charge is 0.271 e. The number of rotatable bonds is 3. The molecule has 0 unspecified atom stereocenters. The predicted octanol–water partition coefficient (Wildman–Crippen LogP) is 3.52. The molecular weight excluding hydrogens is 244 g/mol. The Morgan fingerprint density at radius 1 is 1.31 bits per heavy atom. The highest BCUT2D eigenvalue weighted by Crippen LogP contribution is 2.36. The first-order chi connectivity index (χ1) is 7.67. The molecule has 1 aromatic heterocycles. The van der Waals surface area contributed by atoms with Crippen molar-refractivity contribution in [3.63, 3.8) is 0 Å². The molecule has 0 atom stereocenters. The Labute approximate surface area is 101 Å². The van der Waals surface area contributed by atoms with Crippen molar-refractivity contribution in [3.05, 3.63) is 28.3 Å². The van der Waals surface area contributed by atoms with Crippen LogP contribution in [0.25, 0.3) is 10.9 Å². The van der Waals surface area contributed by atoms with Crippen LogP contribution in [0, 0.1) is 10.1 Å². The van der Waals surface area contributed by atoms with Gasteiger partial charge in [-0.1, -0.05) is 0 Å². The van der Waals surface area contributed by atoms with Crippen LogP contribution in [-0.4, -0.2) is 22.4 Å². The quantitative estimate of drug-likeness (QED) is 0.517. The van der Waals surface area contributed by atoms with Crippen LogP contribution in [0.4, 0.5) is 5.69 Å². The van der Waals surface area contributed by atoms with E-state index in [9.17, 15) is 10.1 Å². The summed E-state index contributed by atoms with van der Waals surface area (Å²) in [4.78, 5) is 14.6. The van der Waals surface area contributed by atoms with Gasteiger partial charge < -0.3 is 4.98 Å². The number of hydrogen-bond donors (Lipinski definition) is 1. The van der Waals surface area contributed by atoms with Crippen LogP contribution in [0.1, 0.15) is 0 Å². The van der Waals surface area contributed by atoms with Crippen molar-refractivity contribution in [1.82, 2.24) is 4.98 Å². The Balaban J connectivity index is 2.67. The molecule has 16 heavy (non-hydrogen) atoms. The van der Waals surface area contributed by atoms with E-state index < -0.39 is 0 Å². The Hall–Kier alpha value is -1.14. The maximum absolute atomic E-state index is 10.7. The highest BCUT2D eigenvalue weighted by Gasteiger charge is 2.13. The van der Waals surface area contributed by atoms with E-state index >= 15 is 0 Å². The summed E-state index contributed by atoms with van der Waals surface area (Å²) in [6, 6.07) is 4.92. The van der Waals surface area contributed by atoms with Gasteiger partial charge in [0.15, 0.2) is 0 Å². The standard InChI is InChI=1S/C10H10N2O2S2/c1-15-9-7-4-3-6(12(13)14)5-8(7)11-10(9)16-2/h3-5,11H,1-2H3. The lowest BCUT2D eigenvalue weighted by Crippen LogP contribution is -1.86. The lowest BCUT2D eigenvalue weighted by Gasteiger charge is -1.96. The number of nitrogens with zero attached hydrogens (tertiary/aromatic N) is 1. The SMILES string of the molecule is CSc1[nH]c2cc([N+](=O)[O-])ccc2c1SC. The van der Waals surface area contributed by atoms with Crippen LogP contribution in [0.5, 0.6) is 0 Å². The number of thioether (sulfide) groups is 2. The van der Waals surface area contributed by atoms with Crippen LogP contribution >= 0.6 is 23.5 Å². The van der Waals surface area contributed by atoms with Crippen molar-refractivity contribution in [1.29, 1.82) is 0 Å². The summed E-state index contributed by atoms with van der Waals surface area (Å²) >= 11 is 3.26. The summed E-state index contributed by atoms with van der Waals surface area (Å²) in [6.45, 7) is 0. The van der Waals surface area contributed by atoms with Gasteiger partial charge in [-0.05, 0) is 18.6 Å². The van der Waals surface area contributed by atoms with E-state index in [1.54, 1.807) is 41.7 Å². The molecule has 2 aromatic rings. The molecule has 4 nitrogen and oxygen atoms in total. The van der Waals surface area contributed by atoms with Crippen molar-refractivity contribution < 1.29 is 4.92 Å². The molecule has 0 radical (unpaired) electrons. The molecule has 0 fully saturated rings. The third kappa shape index (κ3) is 1.78. The third-order valence-corrected chi connectivity index (χ3v) is 4.00. The molecular formula is C10H10N2O2S2. The predicted molar refractivity (Wildman–Crippen MR) is 68.5 cm³/mol. The Bertz CT molecular complexity index is 551. The molecule has 84 valence electrons. The summed E-state index contributed by atoms with van der Waals surface area (Å²) < 4.78 is 0. The topological polar surface area (TPSA) is 58.9 Å². The van der Waals surface area contributed by atoms with Crippen molar-refractivity contribution in [2.45, 2.75) is 9.92 Å². The Morgan fingerprint density at radius 2 is 2.06 bits per heavy atom. The fraction of sp³-hybridized carbons (Fsp3) is 0.200. The number of H-pyrrole nitrogens is 1. The molecule has 0 saturated carbocycles. The number of hydrogen-bond acceptors (Lipinski definition) is 4. The molecule has 0 aliphatic carbocycles. The van der Waals surface area contributed by atoms with Gasteiger partial charge in [-0.3, -0.25) is 10.1 Å². The van der Waals surface area contributed by atoms with Gasteiger partial charge in [0.1, 0.15) is 0 Å². The van der Waals surface area contributed by atoms with Gasteiger partial charge in [-0.2, -0.15) is 0 Å². The zero-order valence-electron chi connectivity index (χ0n) is 8.81. The molecule has 0 aliphatic rings. The summed E-state index contributed by atoms with van der Waals surface area (Å²) in [5.74, 6) is 0. The fourth-order valence-corrected chi connectivity index (χ4v) is 3.24. The second-order valence-corrected chi connectivity index (χ2v) is 4.81. The van der Waals surface area contributed by atoms with E-state index in [-0.39, 0.29) is 10.6 Å². The molecule has 1 aromatic carbocycles. The molecule has 0 aliphatic heterocycles. The van der Waals surface area contributed by atoms with E-state index in [1.807, 2.05) is 12.5 Å². The Kier molecular flexibility index (Phi) is 3.11. The maximum atomic E-state index is 10.7. The van der Waals surface area contributed by atoms with E-state index in [2.05, 4.69) is 4.98 Å². The molecule has 6 heteroatoms. The first-order valence-corrected chi connectivity index (χ1v) is 7.00. The molecule has 1 heterocycles. The zero-order valence-corrected chi connectivity index (χ0v) is 10.4. The van der Waals surface area contributed by atoms with Gasteiger partial charge >= 0.3 is 0 Å².